The molecule has 0 aliphatic carbocycles. The van der Waals surface area contributed by atoms with E-state index in [9.17, 15) is 0 Å². The Labute approximate surface area is 118 Å². The van der Waals surface area contributed by atoms with E-state index < -0.39 is 0 Å². The number of nitrogens with one attached hydrogen (secondary N) is 1. The number of rotatable bonds is 3. The average Bonchev–Trinajstić information content (AvgIpc) is 2.88. The highest BCUT2D eigenvalue weighted by Crippen LogP contribution is 2.29. The van der Waals surface area contributed by atoms with Crippen molar-refractivity contribution in [3.05, 3.63) is 58.1 Å². The van der Waals surface area contributed by atoms with Crippen molar-refractivity contribution in [2.45, 2.75) is 19.8 Å². The van der Waals surface area contributed by atoms with Gasteiger partial charge >= 0.3 is 0 Å². The third-order valence-electron chi connectivity index (χ3n) is 3.48. The summed E-state index contributed by atoms with van der Waals surface area (Å²) in [5, 5.41) is 3.93. The van der Waals surface area contributed by atoms with Crippen LogP contribution in [0.3, 0.4) is 0 Å². The van der Waals surface area contributed by atoms with Gasteiger partial charge in [-0.15, -0.1) is 0 Å². The molecule has 0 fully saturated rings. The lowest BCUT2D eigenvalue weighted by Gasteiger charge is -2.08. The molecule has 0 amide bonds. The third-order valence-corrected chi connectivity index (χ3v) is 3.83. The minimum Gasteiger partial charge on any atom is -0.372 e. The molecular weight excluding hydrogens is 258 g/mol. The molecule has 98 valence electrons. The molecule has 2 aromatic rings. The number of ether oxygens (including phenoxy) is 1. The zero-order chi connectivity index (χ0) is 13.2. The molecule has 1 aliphatic rings. The molecule has 2 nitrogen and oxygen atoms in total. The second-order valence-corrected chi connectivity index (χ2v) is 5.22. The second-order valence-electron chi connectivity index (χ2n) is 4.81. The lowest BCUT2D eigenvalue weighted by atomic mass is 9.99. The summed E-state index contributed by atoms with van der Waals surface area (Å²) in [5.41, 5.74) is 6.05. The summed E-state index contributed by atoms with van der Waals surface area (Å²) < 4.78 is 5.45. The smallest absolute Gasteiger partial charge is 0.0725 e. The number of hydrogen-bond donors (Lipinski definition) is 1. The predicted octanol–water partition coefficient (Wildman–Crippen LogP) is 3.76. The van der Waals surface area contributed by atoms with Crippen LogP contribution in [0.4, 0.5) is 0 Å². The molecule has 19 heavy (non-hydrogen) atoms. The standard InChI is InChI=1S/C16H16ClNO/c1-18-8-13-4-2-12(7-16(13)17)11-3-5-14-9-19-10-15(14)6-11/h2-7,18H,8-10H2,1H3. The predicted molar refractivity (Wildman–Crippen MR) is 78.1 cm³/mol. The van der Waals surface area contributed by atoms with E-state index in [0.29, 0.717) is 0 Å². The number of halogens is 1. The maximum Gasteiger partial charge on any atom is 0.0725 e. The van der Waals surface area contributed by atoms with E-state index >= 15 is 0 Å². The van der Waals surface area contributed by atoms with Crippen molar-refractivity contribution in [2.24, 2.45) is 0 Å². The summed E-state index contributed by atoms with van der Waals surface area (Å²) in [7, 11) is 1.92. The molecule has 1 N–H and O–H groups in total. The maximum absolute atomic E-state index is 6.31. The molecule has 1 heterocycles. The van der Waals surface area contributed by atoms with Crippen molar-refractivity contribution >= 4 is 11.6 Å². The molecule has 1 aliphatic heterocycles. The lowest BCUT2D eigenvalue weighted by molar-refractivity contribution is 0.134. The molecule has 0 aromatic heterocycles. The molecular formula is C16H16ClNO. The van der Waals surface area contributed by atoms with E-state index in [2.05, 4.69) is 35.6 Å². The summed E-state index contributed by atoms with van der Waals surface area (Å²) in [4.78, 5) is 0. The molecule has 0 spiro atoms. The van der Waals surface area contributed by atoms with Gasteiger partial charge in [-0.1, -0.05) is 35.9 Å². The quantitative estimate of drug-likeness (QED) is 0.919. The molecule has 0 saturated heterocycles. The van der Waals surface area contributed by atoms with Crippen LogP contribution in [0.5, 0.6) is 0 Å². The topological polar surface area (TPSA) is 21.3 Å². The molecule has 0 atom stereocenters. The highest BCUT2D eigenvalue weighted by atomic mass is 35.5. The molecule has 0 unspecified atom stereocenters. The van der Waals surface area contributed by atoms with Gasteiger partial charge in [0, 0.05) is 11.6 Å². The molecule has 0 bridgehead atoms. The fraction of sp³-hybridized carbons (Fsp3) is 0.250. The van der Waals surface area contributed by atoms with E-state index in [4.69, 9.17) is 16.3 Å². The van der Waals surface area contributed by atoms with E-state index in [1.54, 1.807) is 0 Å². The van der Waals surface area contributed by atoms with Gasteiger partial charge in [-0.2, -0.15) is 0 Å². The number of hydrogen-bond acceptors (Lipinski definition) is 2. The first-order chi connectivity index (χ1) is 9.28. The Morgan fingerprint density at radius 3 is 2.58 bits per heavy atom. The first-order valence-corrected chi connectivity index (χ1v) is 6.78. The van der Waals surface area contributed by atoms with Crippen LogP contribution in [-0.2, 0) is 24.5 Å². The van der Waals surface area contributed by atoms with Gasteiger partial charge in [0.2, 0.25) is 0 Å². The van der Waals surface area contributed by atoms with Crippen LogP contribution < -0.4 is 5.32 Å². The second kappa shape index (κ2) is 5.33. The average molecular weight is 274 g/mol. The fourth-order valence-corrected chi connectivity index (χ4v) is 2.66. The van der Waals surface area contributed by atoms with Crippen LogP contribution in [0.1, 0.15) is 16.7 Å². The van der Waals surface area contributed by atoms with Crippen molar-refractivity contribution in [3.63, 3.8) is 0 Å². The first kappa shape index (κ1) is 12.7. The molecule has 0 saturated carbocycles. The highest BCUT2D eigenvalue weighted by molar-refractivity contribution is 6.31. The van der Waals surface area contributed by atoms with Gasteiger partial charge in [0.05, 0.1) is 13.2 Å². The Hall–Kier alpha value is -1.35. The monoisotopic (exact) mass is 273 g/mol. The van der Waals surface area contributed by atoms with Gasteiger partial charge in [0.15, 0.2) is 0 Å². The minimum atomic E-state index is 0.717. The van der Waals surface area contributed by atoms with Crippen molar-refractivity contribution in [1.82, 2.24) is 5.32 Å². The van der Waals surface area contributed by atoms with Crippen molar-refractivity contribution in [2.75, 3.05) is 7.05 Å². The Balaban J connectivity index is 1.96. The summed E-state index contributed by atoms with van der Waals surface area (Å²) in [6.45, 7) is 2.24. The first-order valence-electron chi connectivity index (χ1n) is 6.41. The Bertz CT molecular complexity index is 610. The summed E-state index contributed by atoms with van der Waals surface area (Å²) in [6, 6.07) is 12.7. The van der Waals surface area contributed by atoms with Crippen LogP contribution in [0.2, 0.25) is 5.02 Å². The van der Waals surface area contributed by atoms with Gasteiger partial charge < -0.3 is 10.1 Å². The van der Waals surface area contributed by atoms with Gasteiger partial charge in [0.1, 0.15) is 0 Å². The van der Waals surface area contributed by atoms with Gasteiger partial charge in [-0.3, -0.25) is 0 Å². The lowest BCUT2D eigenvalue weighted by Crippen LogP contribution is -2.05. The number of benzene rings is 2. The van der Waals surface area contributed by atoms with Crippen molar-refractivity contribution < 1.29 is 4.74 Å². The van der Waals surface area contributed by atoms with E-state index in [1.165, 1.54) is 16.7 Å². The molecule has 0 radical (unpaired) electrons. The van der Waals surface area contributed by atoms with Crippen LogP contribution in [0, 0.1) is 0 Å². The summed E-state index contributed by atoms with van der Waals surface area (Å²) >= 11 is 6.31. The van der Waals surface area contributed by atoms with E-state index in [-0.39, 0.29) is 0 Å². The van der Waals surface area contributed by atoms with E-state index in [0.717, 1.165) is 35.9 Å². The van der Waals surface area contributed by atoms with Crippen molar-refractivity contribution in [3.8, 4) is 11.1 Å². The zero-order valence-corrected chi connectivity index (χ0v) is 11.6. The zero-order valence-electron chi connectivity index (χ0n) is 10.9. The summed E-state index contributed by atoms with van der Waals surface area (Å²) in [5.74, 6) is 0. The normalized spacial score (nSPS) is 13.6. The van der Waals surface area contributed by atoms with Gasteiger partial charge in [0.25, 0.3) is 0 Å². The molecule has 2 aromatic carbocycles. The van der Waals surface area contributed by atoms with Crippen LogP contribution >= 0.6 is 11.6 Å². The Morgan fingerprint density at radius 2 is 1.79 bits per heavy atom. The van der Waals surface area contributed by atoms with Crippen LogP contribution in [0.25, 0.3) is 11.1 Å². The molecule has 3 rings (SSSR count). The van der Waals surface area contributed by atoms with Crippen molar-refractivity contribution in [1.29, 1.82) is 0 Å². The van der Waals surface area contributed by atoms with Gasteiger partial charge in [-0.25, -0.2) is 0 Å². The van der Waals surface area contributed by atoms with Gasteiger partial charge in [-0.05, 0) is 47.0 Å². The molecule has 3 heteroatoms. The maximum atomic E-state index is 6.31. The Morgan fingerprint density at radius 1 is 1.05 bits per heavy atom. The highest BCUT2D eigenvalue weighted by Gasteiger charge is 2.12. The fourth-order valence-electron chi connectivity index (χ4n) is 2.41. The van der Waals surface area contributed by atoms with E-state index in [1.807, 2.05) is 13.1 Å². The SMILES string of the molecule is CNCc1ccc(-c2ccc3c(c2)COC3)cc1Cl. The Kier molecular flexibility index (Phi) is 3.56. The third kappa shape index (κ3) is 2.52. The number of fused-ring (bicyclic) bond motifs is 1. The van der Waals surface area contributed by atoms with Crippen LogP contribution in [0.15, 0.2) is 36.4 Å². The van der Waals surface area contributed by atoms with Crippen LogP contribution in [-0.4, -0.2) is 7.05 Å². The summed E-state index contributed by atoms with van der Waals surface area (Å²) in [6.07, 6.45) is 0. The minimum absolute atomic E-state index is 0.717. The largest absolute Gasteiger partial charge is 0.372 e.